The van der Waals surface area contributed by atoms with Gasteiger partial charge in [0.1, 0.15) is 0 Å². The molecule has 0 aliphatic carbocycles. The zero-order chi connectivity index (χ0) is 10.1. The summed E-state index contributed by atoms with van der Waals surface area (Å²) in [5, 5.41) is 2.18. The zero-order valence-corrected chi connectivity index (χ0v) is 10.6. The molecule has 0 radical (unpaired) electrons. The van der Waals surface area contributed by atoms with Gasteiger partial charge in [-0.1, -0.05) is 23.8 Å². The fraction of sp³-hybridized carbons (Fsp3) is 0.167. The summed E-state index contributed by atoms with van der Waals surface area (Å²) in [5.74, 6) is 0. The van der Waals surface area contributed by atoms with Gasteiger partial charge in [-0.25, -0.2) is 0 Å². The molecule has 0 atom stereocenters. The highest BCUT2D eigenvalue weighted by Gasteiger charge is 2.03. The van der Waals surface area contributed by atoms with Crippen molar-refractivity contribution in [1.29, 1.82) is 0 Å². The predicted octanol–water partition coefficient (Wildman–Crippen LogP) is 4.79. The fourth-order valence-electron chi connectivity index (χ4n) is 1.59. The molecule has 0 saturated carbocycles. The third kappa shape index (κ3) is 1.91. The third-order valence-corrected chi connectivity index (χ3v) is 3.76. The molecule has 0 fully saturated rings. The second-order valence-electron chi connectivity index (χ2n) is 3.46. The Labute approximate surface area is 96.7 Å². The van der Waals surface area contributed by atoms with E-state index < -0.39 is 0 Å². The van der Waals surface area contributed by atoms with Gasteiger partial charge in [0.15, 0.2) is 0 Å². The first-order valence-electron chi connectivity index (χ1n) is 4.48. The van der Waals surface area contributed by atoms with E-state index in [0.29, 0.717) is 0 Å². The van der Waals surface area contributed by atoms with E-state index in [1.165, 1.54) is 26.0 Å². The lowest BCUT2D eigenvalue weighted by Crippen LogP contribution is -1.82. The van der Waals surface area contributed by atoms with Crippen molar-refractivity contribution in [3.05, 3.63) is 44.6 Å². The van der Waals surface area contributed by atoms with E-state index >= 15 is 0 Å². The molecular formula is C12H11BrS. The highest BCUT2D eigenvalue weighted by molar-refractivity contribution is 9.11. The Morgan fingerprint density at radius 3 is 2.50 bits per heavy atom. The second-order valence-corrected chi connectivity index (χ2v) is 5.75. The summed E-state index contributed by atoms with van der Waals surface area (Å²) in [7, 11) is 0. The van der Waals surface area contributed by atoms with E-state index in [-0.39, 0.29) is 0 Å². The molecule has 0 amide bonds. The van der Waals surface area contributed by atoms with Crippen LogP contribution >= 0.6 is 27.3 Å². The van der Waals surface area contributed by atoms with Crippen LogP contribution in [0.5, 0.6) is 0 Å². The van der Waals surface area contributed by atoms with E-state index in [9.17, 15) is 0 Å². The molecule has 0 bridgehead atoms. The molecular weight excluding hydrogens is 256 g/mol. The molecule has 0 N–H and O–H groups in total. The summed E-state index contributed by atoms with van der Waals surface area (Å²) in [4.78, 5) is 0. The van der Waals surface area contributed by atoms with Gasteiger partial charge in [0.05, 0.1) is 3.79 Å². The summed E-state index contributed by atoms with van der Waals surface area (Å²) < 4.78 is 1.19. The summed E-state index contributed by atoms with van der Waals surface area (Å²) in [6.07, 6.45) is 0. The van der Waals surface area contributed by atoms with Crippen LogP contribution in [-0.4, -0.2) is 0 Å². The predicted molar refractivity (Wildman–Crippen MR) is 66.9 cm³/mol. The Hall–Kier alpha value is -0.600. The lowest BCUT2D eigenvalue weighted by atomic mass is 10.0. The number of halogens is 1. The molecule has 0 nitrogen and oxygen atoms in total. The van der Waals surface area contributed by atoms with Crippen molar-refractivity contribution < 1.29 is 0 Å². The van der Waals surface area contributed by atoms with Crippen LogP contribution in [0.1, 0.15) is 11.1 Å². The fourth-order valence-corrected chi connectivity index (χ4v) is 2.75. The highest BCUT2D eigenvalue weighted by atomic mass is 79.9. The van der Waals surface area contributed by atoms with Gasteiger partial charge in [0, 0.05) is 0 Å². The molecule has 1 heterocycles. The van der Waals surface area contributed by atoms with Crippen LogP contribution in [-0.2, 0) is 0 Å². The van der Waals surface area contributed by atoms with Crippen LogP contribution in [0.25, 0.3) is 11.1 Å². The maximum Gasteiger partial charge on any atom is 0.0704 e. The quantitative estimate of drug-likeness (QED) is 0.696. The maximum absolute atomic E-state index is 3.49. The molecule has 1 aromatic heterocycles. The van der Waals surface area contributed by atoms with E-state index in [1.54, 1.807) is 11.3 Å². The van der Waals surface area contributed by atoms with Crippen LogP contribution in [0.3, 0.4) is 0 Å². The summed E-state index contributed by atoms with van der Waals surface area (Å²) in [5.41, 5.74) is 5.30. The number of rotatable bonds is 1. The van der Waals surface area contributed by atoms with Crippen molar-refractivity contribution in [2.24, 2.45) is 0 Å². The van der Waals surface area contributed by atoms with E-state index in [1.807, 2.05) is 0 Å². The third-order valence-electron chi connectivity index (χ3n) is 2.26. The monoisotopic (exact) mass is 266 g/mol. The number of hydrogen-bond acceptors (Lipinski definition) is 1. The molecule has 1 aromatic carbocycles. The van der Waals surface area contributed by atoms with Gasteiger partial charge in [0.25, 0.3) is 0 Å². The van der Waals surface area contributed by atoms with Crippen LogP contribution in [0.4, 0.5) is 0 Å². The Morgan fingerprint density at radius 2 is 1.93 bits per heavy atom. The first-order chi connectivity index (χ1) is 6.66. The van der Waals surface area contributed by atoms with Crippen molar-refractivity contribution in [2.75, 3.05) is 0 Å². The lowest BCUT2D eigenvalue weighted by Gasteiger charge is -2.04. The molecule has 72 valence electrons. The molecule has 0 aliphatic rings. The Bertz CT molecular complexity index is 457. The van der Waals surface area contributed by atoms with Crippen molar-refractivity contribution in [3.63, 3.8) is 0 Å². The maximum atomic E-state index is 3.49. The van der Waals surface area contributed by atoms with E-state index in [2.05, 4.69) is 59.4 Å². The van der Waals surface area contributed by atoms with Gasteiger partial charge in [-0.3, -0.25) is 0 Å². The first-order valence-corrected chi connectivity index (χ1v) is 6.16. The average Bonchev–Trinajstić information content (AvgIpc) is 2.51. The molecule has 0 spiro atoms. The van der Waals surface area contributed by atoms with Gasteiger partial charge in [0.2, 0.25) is 0 Å². The first kappa shape index (κ1) is 9.94. The van der Waals surface area contributed by atoms with Gasteiger partial charge < -0.3 is 0 Å². The second kappa shape index (κ2) is 3.87. The largest absolute Gasteiger partial charge is 0.136 e. The standard InChI is InChI=1S/C12H11BrS/c1-8-3-4-11(9(2)5-8)10-6-12(13)14-7-10/h3-7H,1-2H3. The van der Waals surface area contributed by atoms with Crippen molar-refractivity contribution in [1.82, 2.24) is 0 Å². The minimum absolute atomic E-state index is 1.19. The van der Waals surface area contributed by atoms with Crippen molar-refractivity contribution in [3.8, 4) is 11.1 Å². The van der Waals surface area contributed by atoms with Crippen LogP contribution in [0.15, 0.2) is 33.4 Å². The minimum atomic E-state index is 1.19. The number of aryl methyl sites for hydroxylation is 2. The smallest absolute Gasteiger partial charge is 0.0704 e. The molecule has 2 rings (SSSR count). The highest BCUT2D eigenvalue weighted by Crippen LogP contribution is 2.31. The molecule has 0 aliphatic heterocycles. The Balaban J connectivity index is 2.52. The number of thiophene rings is 1. The van der Waals surface area contributed by atoms with Crippen LogP contribution < -0.4 is 0 Å². The number of hydrogen-bond donors (Lipinski definition) is 0. The molecule has 14 heavy (non-hydrogen) atoms. The average molecular weight is 267 g/mol. The van der Waals surface area contributed by atoms with Gasteiger partial charge >= 0.3 is 0 Å². The summed E-state index contributed by atoms with van der Waals surface area (Å²) in [6.45, 7) is 4.29. The van der Waals surface area contributed by atoms with Crippen LogP contribution in [0, 0.1) is 13.8 Å². The molecule has 0 saturated heterocycles. The summed E-state index contributed by atoms with van der Waals surface area (Å²) in [6, 6.07) is 8.75. The number of benzene rings is 1. The minimum Gasteiger partial charge on any atom is -0.136 e. The lowest BCUT2D eigenvalue weighted by molar-refractivity contribution is 1.39. The topological polar surface area (TPSA) is 0 Å². The Kier molecular flexibility index (Phi) is 2.75. The zero-order valence-electron chi connectivity index (χ0n) is 8.17. The van der Waals surface area contributed by atoms with E-state index in [0.717, 1.165) is 0 Å². The van der Waals surface area contributed by atoms with E-state index in [4.69, 9.17) is 0 Å². The van der Waals surface area contributed by atoms with Gasteiger partial charge in [-0.15, -0.1) is 11.3 Å². The molecule has 2 aromatic rings. The molecule has 2 heteroatoms. The Morgan fingerprint density at radius 1 is 1.14 bits per heavy atom. The van der Waals surface area contributed by atoms with Crippen molar-refractivity contribution in [2.45, 2.75) is 13.8 Å². The van der Waals surface area contributed by atoms with Crippen LogP contribution in [0.2, 0.25) is 0 Å². The normalized spacial score (nSPS) is 10.5. The van der Waals surface area contributed by atoms with Gasteiger partial charge in [-0.05, 0) is 57.9 Å². The van der Waals surface area contributed by atoms with Gasteiger partial charge in [-0.2, -0.15) is 0 Å². The summed E-state index contributed by atoms with van der Waals surface area (Å²) >= 11 is 5.22. The SMILES string of the molecule is Cc1ccc(-c2csc(Br)c2)c(C)c1. The molecule has 0 unspecified atom stereocenters. The van der Waals surface area contributed by atoms with Crippen molar-refractivity contribution >= 4 is 27.3 Å².